The van der Waals surface area contributed by atoms with Gasteiger partial charge in [-0.3, -0.25) is 4.90 Å². The molecular weight excluding hydrogens is 321 g/mol. The first-order valence-corrected chi connectivity index (χ1v) is 6.22. The molecule has 0 bridgehead atoms. The topological polar surface area (TPSA) is 41.9 Å². The van der Waals surface area contributed by atoms with Gasteiger partial charge in [0.15, 0.2) is 11.5 Å². The van der Waals surface area contributed by atoms with Crippen LogP contribution in [0.4, 0.5) is 0 Å². The van der Waals surface area contributed by atoms with Gasteiger partial charge in [0.05, 0.1) is 9.67 Å². The zero-order chi connectivity index (χ0) is 11.3. The molecule has 0 spiro atoms. The van der Waals surface area contributed by atoms with Gasteiger partial charge in [-0.05, 0) is 46.8 Å². The zero-order valence-electron chi connectivity index (χ0n) is 8.86. The number of nitrogens with zero attached hydrogens (tertiary/aromatic N) is 1. The minimum absolute atomic E-state index is 0.278. The van der Waals surface area contributed by atoms with Gasteiger partial charge in [-0.1, -0.05) is 0 Å². The third kappa shape index (κ3) is 1.49. The van der Waals surface area contributed by atoms with Gasteiger partial charge in [0.25, 0.3) is 0 Å². The maximum atomic E-state index is 10.0. The number of hydrogen-bond acceptors (Lipinski definition) is 4. The van der Waals surface area contributed by atoms with Crippen molar-refractivity contribution in [3.05, 3.63) is 20.8 Å². The van der Waals surface area contributed by atoms with Gasteiger partial charge in [-0.15, -0.1) is 0 Å². The molecule has 4 nitrogen and oxygen atoms in total. The summed E-state index contributed by atoms with van der Waals surface area (Å²) in [7, 11) is 2.01. The van der Waals surface area contributed by atoms with Gasteiger partial charge in [0.2, 0.25) is 6.79 Å². The summed E-state index contributed by atoms with van der Waals surface area (Å²) in [4.78, 5) is 2.11. The summed E-state index contributed by atoms with van der Waals surface area (Å²) in [6.45, 7) is 1.80. The van der Waals surface area contributed by atoms with Crippen LogP contribution < -0.4 is 9.47 Å². The van der Waals surface area contributed by atoms with E-state index in [-0.39, 0.29) is 6.79 Å². The van der Waals surface area contributed by atoms with Crippen LogP contribution in [0, 0.1) is 3.57 Å². The van der Waals surface area contributed by atoms with Gasteiger partial charge in [0.1, 0.15) is 0 Å². The molecule has 0 fully saturated rings. The van der Waals surface area contributed by atoms with E-state index in [1.807, 2.05) is 13.1 Å². The molecule has 3 rings (SSSR count). The van der Waals surface area contributed by atoms with Gasteiger partial charge < -0.3 is 14.6 Å². The summed E-state index contributed by atoms with van der Waals surface area (Å²) >= 11 is 2.27. The molecule has 1 N–H and O–H groups in total. The van der Waals surface area contributed by atoms with Crippen LogP contribution in [0.15, 0.2) is 6.07 Å². The van der Waals surface area contributed by atoms with Crippen molar-refractivity contribution < 1.29 is 14.6 Å². The normalized spacial score (nSPS) is 23.3. The molecule has 2 aliphatic heterocycles. The first kappa shape index (κ1) is 10.6. The molecule has 0 aromatic heterocycles. The van der Waals surface area contributed by atoms with Crippen molar-refractivity contribution in [2.24, 2.45) is 0 Å². The fourth-order valence-corrected chi connectivity index (χ4v) is 3.15. The lowest BCUT2D eigenvalue weighted by atomic mass is 9.97. The Balaban J connectivity index is 2.18. The second-order valence-electron chi connectivity index (χ2n) is 4.20. The predicted octanol–water partition coefficient (Wildman–Crippen LogP) is 1.50. The van der Waals surface area contributed by atoms with Crippen LogP contribution in [0.3, 0.4) is 0 Å². The van der Waals surface area contributed by atoms with Gasteiger partial charge in [0, 0.05) is 13.1 Å². The highest BCUT2D eigenvalue weighted by Crippen LogP contribution is 2.43. The lowest BCUT2D eigenvalue weighted by Gasteiger charge is -2.30. The number of β-amino-alcohol motifs (C(OH)–C–C–N with tert-alkyl or cyclic N) is 1. The van der Waals surface area contributed by atoms with E-state index < -0.39 is 6.10 Å². The number of fused-ring (bicyclic) bond motifs is 2. The van der Waals surface area contributed by atoms with Crippen molar-refractivity contribution in [1.82, 2.24) is 4.90 Å². The number of rotatable bonds is 0. The minimum atomic E-state index is -0.434. The molecule has 1 aromatic carbocycles. The molecule has 1 aromatic rings. The maximum Gasteiger partial charge on any atom is 0.231 e. The minimum Gasteiger partial charge on any atom is -0.454 e. The number of benzene rings is 1. The Labute approximate surface area is 107 Å². The van der Waals surface area contributed by atoms with E-state index in [2.05, 4.69) is 27.5 Å². The first-order valence-electron chi connectivity index (χ1n) is 5.14. The Bertz CT molecular complexity index is 449. The number of ether oxygens (including phenoxy) is 2. The van der Waals surface area contributed by atoms with E-state index in [4.69, 9.17) is 9.47 Å². The average molecular weight is 333 g/mol. The van der Waals surface area contributed by atoms with Crippen LogP contribution in [-0.4, -0.2) is 30.4 Å². The van der Waals surface area contributed by atoms with Crippen molar-refractivity contribution in [2.45, 2.75) is 12.6 Å². The summed E-state index contributed by atoms with van der Waals surface area (Å²) in [6.07, 6.45) is -0.434. The third-order valence-corrected chi connectivity index (χ3v) is 4.15. The summed E-state index contributed by atoms with van der Waals surface area (Å²) in [5.74, 6) is 1.58. The van der Waals surface area contributed by atoms with Gasteiger partial charge in [-0.25, -0.2) is 0 Å². The van der Waals surface area contributed by atoms with Crippen LogP contribution >= 0.6 is 22.6 Å². The smallest absolute Gasteiger partial charge is 0.231 e. The Morgan fingerprint density at radius 1 is 1.50 bits per heavy atom. The molecule has 0 unspecified atom stereocenters. The van der Waals surface area contributed by atoms with Crippen LogP contribution in [0.25, 0.3) is 0 Å². The summed E-state index contributed by atoms with van der Waals surface area (Å²) in [6, 6.07) is 1.91. The zero-order valence-corrected chi connectivity index (χ0v) is 11.0. The van der Waals surface area contributed by atoms with E-state index in [1.165, 1.54) is 0 Å². The molecule has 16 heavy (non-hydrogen) atoms. The van der Waals surface area contributed by atoms with Crippen LogP contribution in [0.2, 0.25) is 0 Å². The maximum absolute atomic E-state index is 10.0. The number of aliphatic hydroxyl groups excluding tert-OH is 1. The fourth-order valence-electron chi connectivity index (χ4n) is 2.25. The second kappa shape index (κ2) is 3.75. The average Bonchev–Trinajstić information content (AvgIpc) is 2.68. The van der Waals surface area contributed by atoms with Gasteiger partial charge >= 0.3 is 0 Å². The molecule has 2 heterocycles. The number of likely N-dealkylation sites (N-methyl/N-ethyl adjacent to an activating group) is 1. The van der Waals surface area contributed by atoms with Crippen molar-refractivity contribution in [3.8, 4) is 11.5 Å². The Morgan fingerprint density at radius 3 is 3.12 bits per heavy atom. The quantitative estimate of drug-likeness (QED) is 0.731. The summed E-state index contributed by atoms with van der Waals surface area (Å²) in [5, 5.41) is 10.0. The predicted molar refractivity (Wildman–Crippen MR) is 66.6 cm³/mol. The van der Waals surface area contributed by atoms with E-state index >= 15 is 0 Å². The standard InChI is InChI=1S/C11H12INO3/c1-13-3-7-6(8(14)4-13)2-9-11(10(7)12)16-5-15-9/h2,8,14H,3-5H2,1H3/t8-/m1/s1. The molecule has 0 aliphatic carbocycles. The first-order chi connectivity index (χ1) is 7.66. The molecule has 86 valence electrons. The number of aliphatic hydroxyl groups is 1. The molecule has 0 saturated carbocycles. The Hall–Kier alpha value is -0.530. The third-order valence-electron chi connectivity index (χ3n) is 3.01. The lowest BCUT2D eigenvalue weighted by molar-refractivity contribution is 0.107. The second-order valence-corrected chi connectivity index (χ2v) is 5.28. The van der Waals surface area contributed by atoms with Crippen molar-refractivity contribution in [2.75, 3.05) is 20.4 Å². The van der Waals surface area contributed by atoms with Crippen LogP contribution in [-0.2, 0) is 6.54 Å². The SMILES string of the molecule is CN1Cc2c(cc3c(c2I)OCO3)[C@H](O)C1. The van der Waals surface area contributed by atoms with Gasteiger partial charge in [-0.2, -0.15) is 0 Å². The molecular formula is C11H12INO3. The largest absolute Gasteiger partial charge is 0.454 e. The molecule has 0 radical (unpaired) electrons. The highest BCUT2D eigenvalue weighted by molar-refractivity contribution is 14.1. The van der Waals surface area contributed by atoms with E-state index in [9.17, 15) is 5.11 Å². The van der Waals surface area contributed by atoms with Crippen molar-refractivity contribution >= 4 is 22.6 Å². The summed E-state index contributed by atoms with van der Waals surface area (Å²) in [5.41, 5.74) is 2.14. The molecule has 1 atom stereocenters. The highest BCUT2D eigenvalue weighted by atomic mass is 127. The molecule has 2 aliphatic rings. The van der Waals surface area contributed by atoms with Crippen LogP contribution in [0.1, 0.15) is 17.2 Å². The molecule has 0 saturated heterocycles. The fraction of sp³-hybridized carbons (Fsp3) is 0.455. The molecule has 0 amide bonds. The molecule has 5 heteroatoms. The van der Waals surface area contributed by atoms with Crippen molar-refractivity contribution in [3.63, 3.8) is 0 Å². The monoisotopic (exact) mass is 333 g/mol. The van der Waals surface area contributed by atoms with Crippen LogP contribution in [0.5, 0.6) is 11.5 Å². The van der Waals surface area contributed by atoms with E-state index in [1.54, 1.807) is 0 Å². The Kier molecular flexibility index (Phi) is 2.49. The number of hydrogen-bond donors (Lipinski definition) is 1. The Morgan fingerprint density at radius 2 is 2.31 bits per heavy atom. The lowest BCUT2D eigenvalue weighted by Crippen LogP contribution is -2.30. The van der Waals surface area contributed by atoms with E-state index in [0.717, 1.165) is 32.7 Å². The van der Waals surface area contributed by atoms with Crippen molar-refractivity contribution in [1.29, 1.82) is 0 Å². The number of halogens is 1. The summed E-state index contributed by atoms with van der Waals surface area (Å²) < 4.78 is 11.9. The highest BCUT2D eigenvalue weighted by Gasteiger charge is 2.29. The van der Waals surface area contributed by atoms with E-state index in [0.29, 0.717) is 6.54 Å².